The van der Waals surface area contributed by atoms with Gasteiger partial charge in [0, 0.05) is 12.2 Å². The molecule has 0 fully saturated rings. The van der Waals surface area contributed by atoms with Crippen LogP contribution in [0.25, 0.3) is 0 Å². The smallest absolute Gasteiger partial charge is 0.134 e. The fourth-order valence-electron chi connectivity index (χ4n) is 1.43. The first-order valence-electron chi connectivity index (χ1n) is 4.37. The molecule has 4 heteroatoms. The van der Waals surface area contributed by atoms with Gasteiger partial charge in [-0.05, 0) is 31.2 Å². The molecule has 14 heavy (non-hydrogen) atoms. The summed E-state index contributed by atoms with van der Waals surface area (Å²) in [5, 5.41) is 11.6. The standard InChI is InChI=1S/C10H11ClN2O/c1-7-4-5-12-13(7)8-2-3-10(14)9(11)6-8/h2-4,6,12,14H,5H2,1H3. The number of nitrogens with one attached hydrogen (secondary N) is 1. The molecule has 0 radical (unpaired) electrons. The van der Waals surface area contributed by atoms with Crippen LogP contribution in [0.5, 0.6) is 5.75 Å². The third kappa shape index (κ3) is 1.56. The van der Waals surface area contributed by atoms with E-state index in [2.05, 4.69) is 11.5 Å². The van der Waals surface area contributed by atoms with E-state index in [1.807, 2.05) is 18.0 Å². The maximum Gasteiger partial charge on any atom is 0.134 e. The molecule has 0 saturated heterocycles. The predicted molar refractivity (Wildman–Crippen MR) is 57.4 cm³/mol. The van der Waals surface area contributed by atoms with Gasteiger partial charge in [0.25, 0.3) is 0 Å². The normalized spacial score (nSPS) is 15.9. The highest BCUT2D eigenvalue weighted by atomic mass is 35.5. The van der Waals surface area contributed by atoms with Crippen LogP contribution in [0, 0.1) is 0 Å². The van der Waals surface area contributed by atoms with Crippen molar-refractivity contribution in [3.63, 3.8) is 0 Å². The van der Waals surface area contributed by atoms with Crippen molar-refractivity contribution in [2.24, 2.45) is 0 Å². The number of hydrazine groups is 1. The molecule has 1 aliphatic heterocycles. The highest BCUT2D eigenvalue weighted by molar-refractivity contribution is 6.32. The molecule has 2 N–H and O–H groups in total. The van der Waals surface area contributed by atoms with Gasteiger partial charge < -0.3 is 5.11 Å². The SMILES string of the molecule is CC1=CCNN1c1ccc(O)c(Cl)c1. The lowest BCUT2D eigenvalue weighted by atomic mass is 10.3. The largest absolute Gasteiger partial charge is 0.506 e. The zero-order valence-corrected chi connectivity index (χ0v) is 8.54. The number of phenols is 1. The average molecular weight is 211 g/mol. The summed E-state index contributed by atoms with van der Waals surface area (Å²) in [5.41, 5.74) is 5.23. The number of hydrogen-bond donors (Lipinski definition) is 2. The number of anilines is 1. The molecule has 0 aliphatic carbocycles. The second kappa shape index (κ2) is 3.52. The molecule has 0 bridgehead atoms. The summed E-state index contributed by atoms with van der Waals surface area (Å²) in [6, 6.07) is 5.13. The summed E-state index contributed by atoms with van der Waals surface area (Å²) >= 11 is 5.82. The lowest BCUT2D eigenvalue weighted by Crippen LogP contribution is -2.30. The van der Waals surface area contributed by atoms with E-state index in [1.54, 1.807) is 12.1 Å². The minimum atomic E-state index is 0.108. The fourth-order valence-corrected chi connectivity index (χ4v) is 1.61. The number of aromatic hydroxyl groups is 1. The summed E-state index contributed by atoms with van der Waals surface area (Å²) in [6.45, 7) is 2.84. The van der Waals surface area contributed by atoms with E-state index < -0.39 is 0 Å². The maximum absolute atomic E-state index is 9.27. The number of rotatable bonds is 1. The number of allylic oxidation sites excluding steroid dienone is 1. The van der Waals surface area contributed by atoms with Gasteiger partial charge in [-0.3, -0.25) is 5.01 Å². The molecule has 0 atom stereocenters. The highest BCUT2D eigenvalue weighted by Gasteiger charge is 2.13. The predicted octanol–water partition coefficient (Wildman–Crippen LogP) is 2.27. The second-order valence-electron chi connectivity index (χ2n) is 3.18. The minimum absolute atomic E-state index is 0.108. The number of phenolic OH excluding ortho intramolecular Hbond substituents is 1. The Balaban J connectivity index is 2.33. The van der Waals surface area contributed by atoms with Crippen LogP contribution in [-0.4, -0.2) is 11.7 Å². The van der Waals surface area contributed by atoms with Crippen molar-refractivity contribution in [1.82, 2.24) is 5.43 Å². The quantitative estimate of drug-likeness (QED) is 0.747. The number of nitrogens with zero attached hydrogens (tertiary/aromatic N) is 1. The second-order valence-corrected chi connectivity index (χ2v) is 3.59. The Hall–Kier alpha value is -1.19. The van der Waals surface area contributed by atoms with Gasteiger partial charge in [0.15, 0.2) is 0 Å². The molecule has 1 aromatic carbocycles. The lowest BCUT2D eigenvalue weighted by Gasteiger charge is -2.20. The molecule has 1 aliphatic rings. The van der Waals surface area contributed by atoms with Gasteiger partial charge in [-0.15, -0.1) is 0 Å². The van der Waals surface area contributed by atoms with Crippen molar-refractivity contribution in [3.8, 4) is 5.75 Å². The minimum Gasteiger partial charge on any atom is -0.506 e. The van der Waals surface area contributed by atoms with E-state index in [0.717, 1.165) is 17.9 Å². The molecule has 74 valence electrons. The summed E-state index contributed by atoms with van der Waals surface area (Å²) in [4.78, 5) is 0. The third-order valence-corrected chi connectivity index (χ3v) is 2.49. The Kier molecular flexibility index (Phi) is 2.35. The fraction of sp³-hybridized carbons (Fsp3) is 0.200. The first kappa shape index (κ1) is 9.37. The van der Waals surface area contributed by atoms with Crippen molar-refractivity contribution in [1.29, 1.82) is 0 Å². The Morgan fingerprint density at radius 1 is 1.50 bits per heavy atom. The van der Waals surface area contributed by atoms with E-state index >= 15 is 0 Å². The molecule has 0 spiro atoms. The van der Waals surface area contributed by atoms with Crippen LogP contribution in [0.2, 0.25) is 5.02 Å². The first-order valence-corrected chi connectivity index (χ1v) is 4.75. The molecule has 0 saturated carbocycles. The van der Waals surface area contributed by atoms with E-state index in [1.165, 1.54) is 0 Å². The lowest BCUT2D eigenvalue weighted by molar-refractivity contribution is 0.475. The monoisotopic (exact) mass is 210 g/mol. The average Bonchev–Trinajstić information content (AvgIpc) is 2.57. The first-order chi connectivity index (χ1) is 6.68. The van der Waals surface area contributed by atoms with Gasteiger partial charge >= 0.3 is 0 Å². The number of hydrogen-bond acceptors (Lipinski definition) is 3. The van der Waals surface area contributed by atoms with Gasteiger partial charge in [0.2, 0.25) is 0 Å². The van der Waals surface area contributed by atoms with Gasteiger partial charge in [-0.25, -0.2) is 5.43 Å². The Morgan fingerprint density at radius 3 is 2.86 bits per heavy atom. The summed E-state index contributed by atoms with van der Waals surface area (Å²) in [7, 11) is 0. The summed E-state index contributed by atoms with van der Waals surface area (Å²) in [5.74, 6) is 0.108. The highest BCUT2D eigenvalue weighted by Crippen LogP contribution is 2.29. The molecule has 0 aromatic heterocycles. The van der Waals surface area contributed by atoms with E-state index in [-0.39, 0.29) is 5.75 Å². The van der Waals surface area contributed by atoms with Crippen LogP contribution in [0.3, 0.4) is 0 Å². The Bertz CT molecular complexity index is 390. The van der Waals surface area contributed by atoms with Gasteiger partial charge in [-0.1, -0.05) is 11.6 Å². The summed E-state index contributed by atoms with van der Waals surface area (Å²) in [6.07, 6.45) is 2.08. The van der Waals surface area contributed by atoms with Crippen molar-refractivity contribution in [2.45, 2.75) is 6.92 Å². The Labute approximate surface area is 87.6 Å². The van der Waals surface area contributed by atoms with Crippen LogP contribution in [-0.2, 0) is 0 Å². The number of halogens is 1. The molecular formula is C10H11ClN2O. The number of benzene rings is 1. The van der Waals surface area contributed by atoms with E-state index in [0.29, 0.717) is 5.02 Å². The van der Waals surface area contributed by atoms with Gasteiger partial charge in [-0.2, -0.15) is 0 Å². The molecule has 3 nitrogen and oxygen atoms in total. The van der Waals surface area contributed by atoms with Crippen LogP contribution in [0.15, 0.2) is 30.0 Å². The van der Waals surface area contributed by atoms with Crippen LogP contribution in [0.4, 0.5) is 5.69 Å². The van der Waals surface area contributed by atoms with Crippen molar-refractivity contribution in [3.05, 3.63) is 35.0 Å². The van der Waals surface area contributed by atoms with Crippen LogP contribution >= 0.6 is 11.6 Å². The zero-order valence-electron chi connectivity index (χ0n) is 7.79. The van der Waals surface area contributed by atoms with Crippen LogP contribution in [0.1, 0.15) is 6.92 Å². The van der Waals surface area contributed by atoms with Gasteiger partial charge in [0.1, 0.15) is 5.75 Å². The molecule has 0 unspecified atom stereocenters. The molecular weight excluding hydrogens is 200 g/mol. The van der Waals surface area contributed by atoms with Crippen LogP contribution < -0.4 is 10.4 Å². The van der Waals surface area contributed by atoms with Crippen molar-refractivity contribution < 1.29 is 5.11 Å². The molecule has 1 heterocycles. The Morgan fingerprint density at radius 2 is 2.29 bits per heavy atom. The molecule has 2 rings (SSSR count). The van der Waals surface area contributed by atoms with E-state index in [4.69, 9.17) is 11.6 Å². The van der Waals surface area contributed by atoms with Crippen molar-refractivity contribution >= 4 is 17.3 Å². The molecule has 1 aromatic rings. The zero-order chi connectivity index (χ0) is 10.1. The van der Waals surface area contributed by atoms with E-state index in [9.17, 15) is 5.11 Å². The molecule has 0 amide bonds. The topological polar surface area (TPSA) is 35.5 Å². The maximum atomic E-state index is 9.27. The third-order valence-electron chi connectivity index (χ3n) is 2.19. The van der Waals surface area contributed by atoms with Crippen molar-refractivity contribution in [2.75, 3.05) is 11.6 Å². The van der Waals surface area contributed by atoms with Gasteiger partial charge in [0.05, 0.1) is 10.7 Å². The summed E-state index contributed by atoms with van der Waals surface area (Å²) < 4.78 is 0.